The molecule has 11 N–H and O–H groups in total. The molecule has 466 valence electrons. The Morgan fingerprint density at radius 2 is 0.713 bits per heavy atom. The van der Waals surface area contributed by atoms with E-state index in [4.69, 9.17) is 0 Å². The van der Waals surface area contributed by atoms with Gasteiger partial charge in [0.05, 0.1) is 17.1 Å². The van der Waals surface area contributed by atoms with E-state index in [9.17, 15) is 52.7 Å². The SMILES string of the molecule is CC(=O)Nc1cn(C)c(C(=O)NCCCC(=O)Nc2cn(C)c(C(=O)Nc3cc(C(=O)NCCCC(=O)Nc4cn(C)c(C(=O)Nc5cc(C(=O)NCCCC(=O)Nc6cc(C(=O)NCCC(=O)NCCCN(C)C)n(C)c6)n(C)c5)n4)n(C)c3)n2)n1. The molecule has 0 fully saturated rings. The van der Waals surface area contributed by atoms with Gasteiger partial charge in [0.25, 0.3) is 35.4 Å². The van der Waals surface area contributed by atoms with E-state index in [0.717, 1.165) is 13.0 Å². The monoisotopic (exact) mass is 1210 g/mol. The number of aryl methyl sites for hydroxylation is 6. The molecule has 6 aromatic rings. The van der Waals surface area contributed by atoms with Gasteiger partial charge < -0.3 is 90.8 Å². The van der Waals surface area contributed by atoms with Crippen molar-refractivity contribution in [1.29, 1.82) is 0 Å². The molecule has 6 heterocycles. The summed E-state index contributed by atoms with van der Waals surface area (Å²) in [7, 11) is 13.6. The van der Waals surface area contributed by atoms with Crippen LogP contribution >= 0.6 is 0 Å². The highest BCUT2D eigenvalue weighted by atomic mass is 16.2. The molecule has 0 atom stereocenters. The van der Waals surface area contributed by atoms with Gasteiger partial charge in [0.1, 0.15) is 17.1 Å². The highest BCUT2D eigenvalue weighted by molar-refractivity contribution is 6.05. The zero-order chi connectivity index (χ0) is 63.5. The summed E-state index contributed by atoms with van der Waals surface area (Å²) < 4.78 is 8.91. The lowest BCUT2D eigenvalue weighted by Gasteiger charge is -2.10. The molecular weight excluding hydrogens is 1130 g/mol. The van der Waals surface area contributed by atoms with Gasteiger partial charge >= 0.3 is 0 Å². The molecule has 0 aliphatic heterocycles. The number of carbonyl (C=O) groups is 11. The Bertz CT molecular complexity index is 3520. The van der Waals surface area contributed by atoms with Crippen LogP contribution in [0.25, 0.3) is 0 Å². The quantitative estimate of drug-likeness (QED) is 0.0271. The van der Waals surface area contributed by atoms with Crippen molar-refractivity contribution in [2.24, 2.45) is 42.3 Å². The zero-order valence-corrected chi connectivity index (χ0v) is 50.1. The van der Waals surface area contributed by atoms with Crippen molar-refractivity contribution in [3.8, 4) is 0 Å². The highest BCUT2D eigenvalue weighted by Gasteiger charge is 2.22. The number of rotatable bonds is 31. The molecule has 0 bridgehead atoms. The number of amides is 11. The van der Waals surface area contributed by atoms with Crippen LogP contribution in [-0.4, -0.2) is 166 Å². The van der Waals surface area contributed by atoms with Gasteiger partial charge in [-0.15, -0.1) is 0 Å². The molecule has 0 aliphatic carbocycles. The summed E-state index contributed by atoms with van der Waals surface area (Å²) in [6.45, 7) is 3.33. The van der Waals surface area contributed by atoms with Crippen LogP contribution in [-0.2, 0) is 66.3 Å². The van der Waals surface area contributed by atoms with Crippen molar-refractivity contribution in [2.45, 2.75) is 58.3 Å². The molecule has 0 saturated carbocycles. The Hall–Kier alpha value is -10.4. The number of imidazole rings is 3. The summed E-state index contributed by atoms with van der Waals surface area (Å²) in [5.41, 5.74) is 1.75. The van der Waals surface area contributed by atoms with E-state index in [2.05, 4.69) is 73.4 Å². The third-order valence-corrected chi connectivity index (χ3v) is 12.9. The lowest BCUT2D eigenvalue weighted by Crippen LogP contribution is -2.32. The number of aromatic nitrogens is 9. The molecule has 32 heteroatoms. The molecule has 6 aromatic heterocycles. The van der Waals surface area contributed by atoms with Crippen molar-refractivity contribution >= 4 is 99.5 Å². The molecule has 0 spiro atoms. The van der Waals surface area contributed by atoms with Crippen LogP contribution in [0.15, 0.2) is 55.4 Å². The number of carbonyl (C=O) groups excluding carboxylic acids is 11. The normalized spacial score (nSPS) is 10.9. The second-order valence-corrected chi connectivity index (χ2v) is 20.7. The van der Waals surface area contributed by atoms with E-state index < -0.39 is 47.3 Å². The number of hydrogen-bond acceptors (Lipinski definition) is 15. The zero-order valence-electron chi connectivity index (χ0n) is 50.1. The number of hydrogen-bond donors (Lipinski definition) is 11. The van der Waals surface area contributed by atoms with Crippen LogP contribution in [0.1, 0.15) is 122 Å². The molecule has 0 aliphatic rings. The van der Waals surface area contributed by atoms with Gasteiger partial charge in [0, 0.05) is 145 Å². The molecule has 6 rings (SSSR count). The fourth-order valence-electron chi connectivity index (χ4n) is 8.68. The Kier molecular flexibility index (Phi) is 23.4. The Morgan fingerprint density at radius 3 is 1.11 bits per heavy atom. The van der Waals surface area contributed by atoms with Crippen molar-refractivity contribution in [2.75, 3.05) is 85.3 Å². The number of nitrogens with zero attached hydrogens (tertiary/aromatic N) is 10. The van der Waals surface area contributed by atoms with Crippen LogP contribution in [0.3, 0.4) is 0 Å². The van der Waals surface area contributed by atoms with E-state index in [1.165, 1.54) is 72.7 Å². The second-order valence-electron chi connectivity index (χ2n) is 20.7. The third-order valence-electron chi connectivity index (χ3n) is 12.9. The first-order chi connectivity index (χ1) is 41.3. The second kappa shape index (κ2) is 30.9. The van der Waals surface area contributed by atoms with Crippen LogP contribution in [0.2, 0.25) is 0 Å². The molecule has 87 heavy (non-hydrogen) atoms. The van der Waals surface area contributed by atoms with Crippen molar-refractivity contribution in [1.82, 2.24) is 73.8 Å². The van der Waals surface area contributed by atoms with Gasteiger partial charge in [-0.05, 0) is 64.5 Å². The minimum atomic E-state index is -0.616. The minimum absolute atomic E-state index is 0.00551. The third kappa shape index (κ3) is 19.9. The van der Waals surface area contributed by atoms with E-state index in [0.29, 0.717) is 35.7 Å². The minimum Gasteiger partial charge on any atom is -0.356 e. The molecule has 11 amide bonds. The number of nitrogens with one attached hydrogen (secondary N) is 11. The average molecular weight is 1210 g/mol. The first kappa shape index (κ1) is 65.7. The summed E-state index contributed by atoms with van der Waals surface area (Å²) in [6, 6.07) is 4.48. The first-order valence-corrected chi connectivity index (χ1v) is 27.8. The first-order valence-electron chi connectivity index (χ1n) is 27.8. The molecule has 0 unspecified atom stereocenters. The summed E-state index contributed by atoms with van der Waals surface area (Å²) in [4.78, 5) is 154. The fourth-order valence-corrected chi connectivity index (χ4v) is 8.68. The van der Waals surface area contributed by atoms with Gasteiger partial charge in [0.15, 0.2) is 17.5 Å². The van der Waals surface area contributed by atoms with Gasteiger partial charge in [-0.3, -0.25) is 52.7 Å². The number of anilines is 6. The predicted molar refractivity (Wildman–Crippen MR) is 320 cm³/mol. The smallest absolute Gasteiger partial charge is 0.291 e. The maximum atomic E-state index is 13.3. The lowest BCUT2D eigenvalue weighted by atomic mass is 10.2. The summed E-state index contributed by atoms with van der Waals surface area (Å²) in [5, 5.41) is 29.7. The predicted octanol–water partition coefficient (Wildman–Crippen LogP) is 1.000. The van der Waals surface area contributed by atoms with Crippen LogP contribution in [0.4, 0.5) is 34.5 Å². The van der Waals surface area contributed by atoms with Gasteiger partial charge in [-0.2, -0.15) is 0 Å². The van der Waals surface area contributed by atoms with E-state index in [1.807, 2.05) is 19.0 Å². The van der Waals surface area contributed by atoms with Crippen molar-refractivity contribution in [3.63, 3.8) is 0 Å². The average Bonchev–Trinajstić information content (AvgIpc) is 2.20. The highest BCUT2D eigenvalue weighted by Crippen LogP contribution is 2.19. The largest absolute Gasteiger partial charge is 0.356 e. The summed E-state index contributed by atoms with van der Waals surface area (Å²) >= 11 is 0. The summed E-state index contributed by atoms with van der Waals surface area (Å²) in [6.07, 6.45) is 11.0. The maximum Gasteiger partial charge on any atom is 0.291 e. The van der Waals surface area contributed by atoms with Gasteiger partial charge in [-0.1, -0.05) is 0 Å². The Labute approximate surface area is 500 Å². The van der Waals surface area contributed by atoms with Gasteiger partial charge in [-0.25, -0.2) is 15.0 Å². The topological polar surface area (TPSA) is 392 Å². The van der Waals surface area contributed by atoms with Crippen LogP contribution < -0.4 is 58.5 Å². The van der Waals surface area contributed by atoms with E-state index >= 15 is 0 Å². The van der Waals surface area contributed by atoms with Crippen molar-refractivity contribution in [3.05, 3.63) is 89.9 Å². The molecular formula is C55H75N21O11. The van der Waals surface area contributed by atoms with Crippen LogP contribution in [0, 0.1) is 0 Å². The summed E-state index contributed by atoms with van der Waals surface area (Å²) in [5.74, 6) is -4.16. The van der Waals surface area contributed by atoms with Gasteiger partial charge in [0.2, 0.25) is 47.0 Å². The molecule has 32 nitrogen and oxygen atoms in total. The van der Waals surface area contributed by atoms with Crippen molar-refractivity contribution < 1.29 is 52.7 Å². The molecule has 0 aromatic carbocycles. The maximum absolute atomic E-state index is 13.3. The standard InChI is InChI=1S/C55H75N21O11/c1-33(77)61-40-30-74(7)47(67-40)53(85)59-20-12-16-46(81)66-42-32-76(9)49(69-42)55(87)64-36-26-39(73(6)29-36)51(83)58-19-11-15-45(80)65-41-31-75(8)48(68-41)54(86)63-35-25-38(72(5)28-35)50(82)57-18-10-14-44(79)62-34-24-37(71(4)27-34)52(84)60-22-17-43(78)56-21-13-23-70(2)3/h24-32H,10-23H2,1-9H3,(H,56,78)(H,57,82)(H,58,83)(H,59,85)(H,60,84)(H,61,77)(H,62,79)(H,63,86)(H,64,87)(H,65,80)(H,66,81). The lowest BCUT2D eigenvalue weighted by molar-refractivity contribution is -0.121. The molecule has 0 saturated heterocycles. The van der Waals surface area contributed by atoms with E-state index in [1.54, 1.807) is 59.2 Å². The van der Waals surface area contributed by atoms with E-state index in [-0.39, 0.29) is 129 Å². The Morgan fingerprint density at radius 1 is 0.368 bits per heavy atom. The Balaban J connectivity index is 0.850. The van der Waals surface area contributed by atoms with Crippen LogP contribution in [0.5, 0.6) is 0 Å². The fraction of sp³-hybridized carbons (Fsp3) is 0.418. The molecule has 0 radical (unpaired) electrons.